The molecule has 0 aromatic carbocycles. The molecule has 1 saturated heterocycles. The summed E-state index contributed by atoms with van der Waals surface area (Å²) >= 11 is 1.43. The number of thiophene rings is 1. The van der Waals surface area contributed by atoms with Crippen molar-refractivity contribution in [3.8, 4) is 0 Å². The molecule has 1 aromatic heterocycles. The number of hydrogen-bond donors (Lipinski definition) is 1. The third-order valence-corrected chi connectivity index (χ3v) is 4.90. The lowest BCUT2D eigenvalue weighted by Gasteiger charge is -2.34. The highest BCUT2D eigenvalue weighted by Gasteiger charge is 2.21. The summed E-state index contributed by atoms with van der Waals surface area (Å²) in [6, 6.07) is 3.67. The zero-order valence-electron chi connectivity index (χ0n) is 14.5. The standard InChI is InChI=1S/C17H25N3O4S/c1-2-24-16(22)6-5-15(21)20-11-9-19(10-12-20)8-7-18-17(23)14-4-3-13-25-14/h3-4,13H,2,5-12H2,1H3,(H,18,23). The normalized spacial score (nSPS) is 15.0. The van der Waals surface area contributed by atoms with E-state index in [9.17, 15) is 14.4 Å². The molecule has 0 saturated carbocycles. The molecular weight excluding hydrogens is 342 g/mol. The molecule has 8 heteroatoms. The van der Waals surface area contributed by atoms with Gasteiger partial charge in [-0.1, -0.05) is 6.07 Å². The Labute approximate surface area is 151 Å². The maximum absolute atomic E-state index is 12.1. The van der Waals surface area contributed by atoms with Crippen LogP contribution < -0.4 is 5.32 Å². The fourth-order valence-electron chi connectivity index (χ4n) is 2.64. The van der Waals surface area contributed by atoms with Crippen LogP contribution in [0, 0.1) is 0 Å². The van der Waals surface area contributed by atoms with E-state index in [-0.39, 0.29) is 30.6 Å². The van der Waals surface area contributed by atoms with E-state index in [1.54, 1.807) is 17.9 Å². The van der Waals surface area contributed by atoms with Gasteiger partial charge in [0.2, 0.25) is 5.91 Å². The Morgan fingerprint density at radius 1 is 1.20 bits per heavy atom. The van der Waals surface area contributed by atoms with Crippen molar-refractivity contribution < 1.29 is 19.1 Å². The smallest absolute Gasteiger partial charge is 0.306 e. The van der Waals surface area contributed by atoms with Crippen molar-refractivity contribution in [2.45, 2.75) is 19.8 Å². The average Bonchev–Trinajstić information content (AvgIpc) is 3.15. The van der Waals surface area contributed by atoms with E-state index in [1.807, 2.05) is 11.4 Å². The van der Waals surface area contributed by atoms with Crippen molar-refractivity contribution in [1.82, 2.24) is 15.1 Å². The van der Waals surface area contributed by atoms with Gasteiger partial charge in [0.05, 0.1) is 17.9 Å². The molecule has 138 valence electrons. The number of ether oxygens (including phenoxy) is 1. The minimum Gasteiger partial charge on any atom is -0.466 e. The molecule has 1 N–H and O–H groups in total. The molecule has 0 radical (unpaired) electrons. The van der Waals surface area contributed by atoms with Gasteiger partial charge in [0.25, 0.3) is 5.91 Å². The summed E-state index contributed by atoms with van der Waals surface area (Å²) in [6.45, 7) is 6.31. The lowest BCUT2D eigenvalue weighted by atomic mass is 10.2. The van der Waals surface area contributed by atoms with Crippen LogP contribution in [0.15, 0.2) is 17.5 Å². The number of esters is 1. The molecule has 25 heavy (non-hydrogen) atoms. The molecule has 1 fully saturated rings. The van der Waals surface area contributed by atoms with Crippen LogP contribution >= 0.6 is 11.3 Å². The number of carbonyl (C=O) groups excluding carboxylic acids is 3. The first kappa shape index (κ1) is 19.4. The molecule has 7 nitrogen and oxygen atoms in total. The maximum atomic E-state index is 12.1. The Morgan fingerprint density at radius 3 is 2.60 bits per heavy atom. The molecule has 1 aromatic rings. The second kappa shape index (κ2) is 10.1. The van der Waals surface area contributed by atoms with Gasteiger partial charge in [0, 0.05) is 45.7 Å². The molecule has 2 amide bonds. The SMILES string of the molecule is CCOC(=O)CCC(=O)N1CCN(CCNC(=O)c2cccs2)CC1. The van der Waals surface area contributed by atoms with Crippen LogP contribution in [0.1, 0.15) is 29.4 Å². The van der Waals surface area contributed by atoms with Gasteiger partial charge in [-0.2, -0.15) is 0 Å². The van der Waals surface area contributed by atoms with E-state index in [2.05, 4.69) is 10.2 Å². The number of nitrogens with zero attached hydrogens (tertiary/aromatic N) is 2. The Kier molecular flexibility index (Phi) is 7.87. The summed E-state index contributed by atoms with van der Waals surface area (Å²) in [4.78, 5) is 40.0. The first-order valence-electron chi connectivity index (χ1n) is 8.57. The minimum atomic E-state index is -0.323. The van der Waals surface area contributed by atoms with E-state index in [1.165, 1.54) is 11.3 Å². The molecule has 2 rings (SSSR count). The zero-order valence-corrected chi connectivity index (χ0v) is 15.3. The second-order valence-electron chi connectivity index (χ2n) is 5.76. The van der Waals surface area contributed by atoms with Crippen LogP contribution in [-0.4, -0.2) is 73.5 Å². The molecular formula is C17H25N3O4S. The summed E-state index contributed by atoms with van der Waals surface area (Å²) in [5.74, 6) is -0.363. The molecule has 2 heterocycles. The van der Waals surface area contributed by atoms with Gasteiger partial charge < -0.3 is 15.0 Å². The Bertz CT molecular complexity index is 568. The molecule has 0 aliphatic carbocycles. The van der Waals surface area contributed by atoms with Gasteiger partial charge in [-0.3, -0.25) is 19.3 Å². The molecule has 0 unspecified atom stereocenters. The molecule has 0 atom stereocenters. The van der Waals surface area contributed by atoms with Crippen LogP contribution in [0.25, 0.3) is 0 Å². The average molecular weight is 367 g/mol. The van der Waals surface area contributed by atoms with Gasteiger partial charge in [0.15, 0.2) is 0 Å². The van der Waals surface area contributed by atoms with Crippen molar-refractivity contribution in [3.63, 3.8) is 0 Å². The number of rotatable bonds is 8. The van der Waals surface area contributed by atoms with Gasteiger partial charge in [0.1, 0.15) is 0 Å². The topological polar surface area (TPSA) is 79.0 Å². The first-order valence-corrected chi connectivity index (χ1v) is 9.45. The van der Waals surface area contributed by atoms with Crippen molar-refractivity contribution >= 4 is 29.1 Å². The second-order valence-corrected chi connectivity index (χ2v) is 6.71. The lowest BCUT2D eigenvalue weighted by molar-refractivity contribution is -0.146. The summed E-state index contributed by atoms with van der Waals surface area (Å²) in [5.41, 5.74) is 0. The quantitative estimate of drug-likeness (QED) is 0.693. The Hall–Kier alpha value is -1.93. The van der Waals surface area contributed by atoms with E-state index in [0.717, 1.165) is 24.5 Å². The predicted molar refractivity (Wildman–Crippen MR) is 95.5 cm³/mol. The van der Waals surface area contributed by atoms with E-state index in [4.69, 9.17) is 4.74 Å². The predicted octanol–water partition coefficient (Wildman–Crippen LogP) is 0.965. The van der Waals surface area contributed by atoms with Crippen molar-refractivity contribution in [2.24, 2.45) is 0 Å². The monoisotopic (exact) mass is 367 g/mol. The number of piperazine rings is 1. The zero-order chi connectivity index (χ0) is 18.1. The Morgan fingerprint density at radius 2 is 1.96 bits per heavy atom. The lowest BCUT2D eigenvalue weighted by Crippen LogP contribution is -2.50. The van der Waals surface area contributed by atoms with Crippen molar-refractivity contribution in [2.75, 3.05) is 45.9 Å². The van der Waals surface area contributed by atoms with Crippen LogP contribution in [0.2, 0.25) is 0 Å². The molecule has 0 bridgehead atoms. The highest BCUT2D eigenvalue weighted by molar-refractivity contribution is 7.12. The molecule has 0 spiro atoms. The summed E-state index contributed by atoms with van der Waals surface area (Å²) < 4.78 is 4.84. The number of hydrogen-bond acceptors (Lipinski definition) is 6. The molecule has 1 aliphatic heterocycles. The van der Waals surface area contributed by atoms with Crippen molar-refractivity contribution in [1.29, 1.82) is 0 Å². The number of amides is 2. The summed E-state index contributed by atoms with van der Waals surface area (Å²) in [6.07, 6.45) is 0.345. The van der Waals surface area contributed by atoms with Crippen molar-refractivity contribution in [3.05, 3.63) is 22.4 Å². The highest BCUT2D eigenvalue weighted by Crippen LogP contribution is 2.08. The maximum Gasteiger partial charge on any atom is 0.306 e. The molecule has 1 aliphatic rings. The van der Waals surface area contributed by atoms with Gasteiger partial charge in [-0.05, 0) is 18.4 Å². The van der Waals surface area contributed by atoms with E-state index >= 15 is 0 Å². The number of carbonyl (C=O) groups is 3. The van der Waals surface area contributed by atoms with E-state index in [0.29, 0.717) is 26.2 Å². The van der Waals surface area contributed by atoms with Crippen LogP contribution in [-0.2, 0) is 14.3 Å². The van der Waals surface area contributed by atoms with Gasteiger partial charge in [-0.25, -0.2) is 0 Å². The van der Waals surface area contributed by atoms with Gasteiger partial charge in [-0.15, -0.1) is 11.3 Å². The van der Waals surface area contributed by atoms with Crippen LogP contribution in [0.4, 0.5) is 0 Å². The summed E-state index contributed by atoms with van der Waals surface area (Å²) in [5, 5.41) is 4.79. The Balaban J connectivity index is 1.60. The van der Waals surface area contributed by atoms with E-state index < -0.39 is 0 Å². The fourth-order valence-corrected chi connectivity index (χ4v) is 3.28. The van der Waals surface area contributed by atoms with Crippen LogP contribution in [0.5, 0.6) is 0 Å². The third kappa shape index (κ3) is 6.47. The van der Waals surface area contributed by atoms with Gasteiger partial charge >= 0.3 is 5.97 Å². The fraction of sp³-hybridized carbons (Fsp3) is 0.588. The third-order valence-electron chi connectivity index (χ3n) is 4.03. The summed E-state index contributed by atoms with van der Waals surface area (Å²) in [7, 11) is 0. The minimum absolute atomic E-state index is 0.00120. The number of nitrogens with one attached hydrogen (secondary N) is 1. The van der Waals surface area contributed by atoms with Crippen LogP contribution in [0.3, 0.4) is 0 Å². The largest absolute Gasteiger partial charge is 0.466 e. The first-order chi connectivity index (χ1) is 12.1. The highest BCUT2D eigenvalue weighted by atomic mass is 32.1.